The third kappa shape index (κ3) is 5.33. The average molecular weight is 277 g/mol. The fraction of sp³-hybridized carbons (Fsp3) is 0.588. The Morgan fingerprint density at radius 2 is 1.95 bits per heavy atom. The molecule has 0 atom stereocenters. The fourth-order valence-corrected chi connectivity index (χ4v) is 2.37. The van der Waals surface area contributed by atoms with Crippen molar-refractivity contribution in [1.82, 2.24) is 4.90 Å². The Morgan fingerprint density at radius 3 is 2.45 bits per heavy atom. The van der Waals surface area contributed by atoms with Crippen molar-refractivity contribution in [3.8, 4) is 5.75 Å². The van der Waals surface area contributed by atoms with Crippen LogP contribution in [0, 0.1) is 5.41 Å². The van der Waals surface area contributed by atoms with Crippen LogP contribution in [0.3, 0.4) is 0 Å². The molecule has 1 aromatic rings. The van der Waals surface area contributed by atoms with Crippen molar-refractivity contribution in [2.45, 2.75) is 41.2 Å². The van der Waals surface area contributed by atoms with Gasteiger partial charge in [-0.1, -0.05) is 20.8 Å². The van der Waals surface area contributed by atoms with Crippen LogP contribution in [0.1, 0.15) is 50.5 Å². The van der Waals surface area contributed by atoms with E-state index in [2.05, 4.69) is 32.7 Å². The van der Waals surface area contributed by atoms with E-state index in [0.717, 1.165) is 30.0 Å². The molecule has 1 rings (SSSR count). The van der Waals surface area contributed by atoms with Crippen LogP contribution in [0.25, 0.3) is 0 Å². The van der Waals surface area contributed by atoms with E-state index in [1.807, 2.05) is 25.1 Å². The number of carbonyl (C=O) groups excluding carboxylic acids is 1. The van der Waals surface area contributed by atoms with Gasteiger partial charge in [0.25, 0.3) is 0 Å². The SMILES string of the molecule is CCOc1ccc(C(C)=O)cc1CN(C)CC(C)(C)C. The molecule has 0 amide bonds. The van der Waals surface area contributed by atoms with Gasteiger partial charge in [0, 0.05) is 24.2 Å². The fourth-order valence-electron chi connectivity index (χ4n) is 2.37. The van der Waals surface area contributed by atoms with Gasteiger partial charge in [-0.3, -0.25) is 4.79 Å². The summed E-state index contributed by atoms with van der Waals surface area (Å²) in [6, 6.07) is 5.69. The zero-order valence-electron chi connectivity index (χ0n) is 13.6. The predicted octanol–water partition coefficient (Wildman–Crippen LogP) is 3.77. The van der Waals surface area contributed by atoms with Crippen molar-refractivity contribution in [3.05, 3.63) is 29.3 Å². The van der Waals surface area contributed by atoms with Gasteiger partial charge >= 0.3 is 0 Å². The Bertz CT molecular complexity index is 461. The molecule has 20 heavy (non-hydrogen) atoms. The van der Waals surface area contributed by atoms with Crippen molar-refractivity contribution in [1.29, 1.82) is 0 Å². The highest BCUT2D eigenvalue weighted by atomic mass is 16.5. The average Bonchev–Trinajstić information content (AvgIpc) is 2.28. The molecule has 0 aliphatic rings. The molecule has 0 unspecified atom stereocenters. The number of nitrogens with zero attached hydrogens (tertiary/aromatic N) is 1. The van der Waals surface area contributed by atoms with Gasteiger partial charge in [-0.15, -0.1) is 0 Å². The van der Waals surface area contributed by atoms with Crippen LogP contribution >= 0.6 is 0 Å². The second kappa shape index (κ2) is 6.89. The summed E-state index contributed by atoms with van der Waals surface area (Å²) < 4.78 is 5.66. The molecule has 0 saturated carbocycles. The van der Waals surface area contributed by atoms with E-state index in [-0.39, 0.29) is 11.2 Å². The number of hydrogen-bond donors (Lipinski definition) is 0. The van der Waals surface area contributed by atoms with Crippen molar-refractivity contribution < 1.29 is 9.53 Å². The summed E-state index contributed by atoms with van der Waals surface area (Å²) in [4.78, 5) is 13.8. The minimum atomic E-state index is 0.0905. The van der Waals surface area contributed by atoms with Crippen molar-refractivity contribution >= 4 is 5.78 Å². The highest BCUT2D eigenvalue weighted by Crippen LogP contribution is 2.24. The van der Waals surface area contributed by atoms with E-state index < -0.39 is 0 Å². The molecule has 0 aliphatic heterocycles. The molecule has 3 nitrogen and oxygen atoms in total. The second-order valence-electron chi connectivity index (χ2n) is 6.54. The molecule has 1 aromatic carbocycles. The van der Waals surface area contributed by atoms with Gasteiger partial charge in [-0.25, -0.2) is 0 Å². The third-order valence-corrected chi connectivity index (χ3v) is 2.95. The van der Waals surface area contributed by atoms with Crippen LogP contribution < -0.4 is 4.74 Å². The molecule has 0 aliphatic carbocycles. The molecule has 3 heteroatoms. The maximum Gasteiger partial charge on any atom is 0.159 e. The standard InChI is InChI=1S/C17H27NO2/c1-7-20-16-9-8-14(13(2)19)10-15(16)11-18(6)12-17(3,4)5/h8-10H,7,11-12H2,1-6H3. The first-order valence-electron chi connectivity index (χ1n) is 7.18. The van der Waals surface area contributed by atoms with E-state index >= 15 is 0 Å². The van der Waals surface area contributed by atoms with Gasteiger partial charge in [-0.05, 0) is 44.5 Å². The van der Waals surface area contributed by atoms with E-state index in [4.69, 9.17) is 4.74 Å². The highest BCUT2D eigenvalue weighted by Gasteiger charge is 2.16. The second-order valence-corrected chi connectivity index (χ2v) is 6.54. The van der Waals surface area contributed by atoms with Crippen LogP contribution in [0.15, 0.2) is 18.2 Å². The first-order valence-corrected chi connectivity index (χ1v) is 7.18. The first kappa shape index (κ1) is 16.7. The number of carbonyl (C=O) groups is 1. The van der Waals surface area contributed by atoms with Crippen LogP contribution in [0.4, 0.5) is 0 Å². The van der Waals surface area contributed by atoms with Gasteiger partial charge in [0.05, 0.1) is 6.61 Å². The lowest BCUT2D eigenvalue weighted by atomic mass is 9.96. The summed E-state index contributed by atoms with van der Waals surface area (Å²) in [6.45, 7) is 12.6. The third-order valence-electron chi connectivity index (χ3n) is 2.95. The highest BCUT2D eigenvalue weighted by molar-refractivity contribution is 5.94. The predicted molar refractivity (Wildman–Crippen MR) is 83.4 cm³/mol. The van der Waals surface area contributed by atoms with E-state index in [1.165, 1.54) is 0 Å². The van der Waals surface area contributed by atoms with Gasteiger partial charge in [0.2, 0.25) is 0 Å². The summed E-state index contributed by atoms with van der Waals surface area (Å²) >= 11 is 0. The number of Topliss-reactive ketones (excluding diaryl/α,β-unsaturated/α-hetero) is 1. The molecule has 0 saturated heterocycles. The molecular weight excluding hydrogens is 250 g/mol. The summed E-state index contributed by atoms with van der Waals surface area (Å²) in [5.74, 6) is 0.964. The van der Waals surface area contributed by atoms with Crippen LogP contribution in [0.2, 0.25) is 0 Å². The molecule has 0 heterocycles. The lowest BCUT2D eigenvalue weighted by Gasteiger charge is -2.27. The van der Waals surface area contributed by atoms with Crippen LogP contribution in [-0.4, -0.2) is 30.9 Å². The lowest BCUT2D eigenvalue weighted by molar-refractivity contribution is 0.101. The number of rotatable bonds is 6. The van der Waals surface area contributed by atoms with E-state index in [0.29, 0.717) is 6.61 Å². The normalized spacial score (nSPS) is 11.8. The summed E-state index contributed by atoms with van der Waals surface area (Å²) in [7, 11) is 2.10. The van der Waals surface area contributed by atoms with Crippen molar-refractivity contribution in [2.75, 3.05) is 20.2 Å². The Hall–Kier alpha value is -1.35. The quantitative estimate of drug-likeness (QED) is 0.741. The minimum absolute atomic E-state index is 0.0905. The first-order chi connectivity index (χ1) is 9.23. The Kier molecular flexibility index (Phi) is 5.75. The van der Waals surface area contributed by atoms with E-state index in [9.17, 15) is 4.79 Å². The maximum atomic E-state index is 11.5. The molecular formula is C17H27NO2. The molecule has 112 valence electrons. The summed E-state index contributed by atoms with van der Waals surface area (Å²) in [6.07, 6.45) is 0. The molecule has 0 spiro atoms. The zero-order valence-corrected chi connectivity index (χ0v) is 13.6. The zero-order chi connectivity index (χ0) is 15.3. The Balaban J connectivity index is 2.94. The van der Waals surface area contributed by atoms with Crippen LogP contribution in [0.5, 0.6) is 5.75 Å². The summed E-state index contributed by atoms with van der Waals surface area (Å²) in [5, 5.41) is 0. The smallest absolute Gasteiger partial charge is 0.159 e. The minimum Gasteiger partial charge on any atom is -0.494 e. The van der Waals surface area contributed by atoms with Crippen molar-refractivity contribution in [3.63, 3.8) is 0 Å². The summed E-state index contributed by atoms with van der Waals surface area (Å²) in [5.41, 5.74) is 2.07. The number of hydrogen-bond acceptors (Lipinski definition) is 3. The van der Waals surface area contributed by atoms with Gasteiger partial charge < -0.3 is 9.64 Å². The number of benzene rings is 1. The number of ketones is 1. The molecule has 0 fully saturated rings. The molecule has 0 radical (unpaired) electrons. The number of ether oxygens (including phenoxy) is 1. The topological polar surface area (TPSA) is 29.5 Å². The van der Waals surface area contributed by atoms with Gasteiger partial charge in [0.15, 0.2) is 5.78 Å². The molecule has 0 aromatic heterocycles. The van der Waals surface area contributed by atoms with Gasteiger partial charge in [0.1, 0.15) is 5.75 Å². The van der Waals surface area contributed by atoms with Gasteiger partial charge in [-0.2, -0.15) is 0 Å². The Morgan fingerprint density at radius 1 is 1.30 bits per heavy atom. The largest absolute Gasteiger partial charge is 0.494 e. The van der Waals surface area contributed by atoms with Crippen LogP contribution in [-0.2, 0) is 6.54 Å². The molecule has 0 N–H and O–H groups in total. The lowest BCUT2D eigenvalue weighted by Crippen LogP contribution is -2.29. The maximum absolute atomic E-state index is 11.5. The molecule has 0 bridgehead atoms. The Labute approximate surface area is 122 Å². The van der Waals surface area contributed by atoms with E-state index in [1.54, 1.807) is 6.92 Å². The van der Waals surface area contributed by atoms with Crippen molar-refractivity contribution in [2.24, 2.45) is 5.41 Å². The monoisotopic (exact) mass is 277 g/mol.